The summed E-state index contributed by atoms with van der Waals surface area (Å²) >= 11 is 0. The fourth-order valence-corrected chi connectivity index (χ4v) is 10.8. The molecular weight excluding hydrogens is 516 g/mol. The van der Waals surface area contributed by atoms with Gasteiger partial charge in [-0.05, 0) is 110 Å². The fourth-order valence-electron chi connectivity index (χ4n) is 10.8. The summed E-state index contributed by atoms with van der Waals surface area (Å²) in [7, 11) is 0. The lowest BCUT2D eigenvalue weighted by Crippen LogP contribution is -2.60. The molecule has 4 aliphatic carbocycles. The predicted molar refractivity (Wildman–Crippen MR) is 161 cm³/mol. The summed E-state index contributed by atoms with van der Waals surface area (Å²) in [6, 6.07) is 0. The summed E-state index contributed by atoms with van der Waals surface area (Å²) in [5, 5.41) is 40.4. The molecule has 0 spiro atoms. The third-order valence-electron chi connectivity index (χ3n) is 13.5. The van der Waals surface area contributed by atoms with Crippen LogP contribution in [-0.4, -0.2) is 63.8 Å². The van der Waals surface area contributed by atoms with Gasteiger partial charge in [0, 0.05) is 0 Å². The van der Waals surface area contributed by atoms with Crippen LogP contribution in [0.2, 0.25) is 0 Å². The Morgan fingerprint density at radius 2 is 1.71 bits per heavy atom. The van der Waals surface area contributed by atoms with Crippen LogP contribution in [0.15, 0.2) is 11.6 Å². The molecule has 1 aliphatic heterocycles. The zero-order chi connectivity index (χ0) is 29.7. The standard InChI is InChI=1S/C35H60O6/c1-7-22(20(2)3)9-8-21(4)26-12-13-27-25-11-10-23-18-24(14-16-34(23,5)28(25)15-17-35(26,27)6)40-33-32(39)31(38)30(37)29(19-36)41-33/h10,20-22,24-33,36-39H,7-9,11-19H2,1-6H3/t21-,22-,24+,25-,26-,27+,28-,29-,30-,31+,32-,33-,34+,35-/m1/s1. The van der Waals surface area contributed by atoms with Crippen molar-refractivity contribution in [2.24, 2.45) is 52.3 Å². The molecule has 41 heavy (non-hydrogen) atoms. The van der Waals surface area contributed by atoms with Crippen molar-refractivity contribution in [3.63, 3.8) is 0 Å². The van der Waals surface area contributed by atoms with Crippen molar-refractivity contribution in [3.8, 4) is 0 Å². The van der Waals surface area contributed by atoms with Crippen molar-refractivity contribution < 1.29 is 29.9 Å². The number of hydrogen-bond donors (Lipinski definition) is 4. The highest BCUT2D eigenvalue weighted by atomic mass is 16.7. The van der Waals surface area contributed by atoms with Gasteiger partial charge in [-0.2, -0.15) is 0 Å². The molecule has 5 aliphatic rings. The molecule has 0 aromatic heterocycles. The van der Waals surface area contributed by atoms with Gasteiger partial charge in [0.1, 0.15) is 24.4 Å². The molecular formula is C35H60O6. The molecule has 0 amide bonds. The summed E-state index contributed by atoms with van der Waals surface area (Å²) in [4.78, 5) is 0. The van der Waals surface area contributed by atoms with E-state index < -0.39 is 37.3 Å². The van der Waals surface area contributed by atoms with Gasteiger partial charge in [-0.25, -0.2) is 0 Å². The van der Waals surface area contributed by atoms with Crippen molar-refractivity contribution in [2.75, 3.05) is 6.61 Å². The Kier molecular flexibility index (Phi) is 9.71. The molecule has 6 heteroatoms. The Morgan fingerprint density at radius 3 is 2.39 bits per heavy atom. The molecule has 6 nitrogen and oxygen atoms in total. The highest BCUT2D eigenvalue weighted by Gasteiger charge is 2.59. The van der Waals surface area contributed by atoms with Crippen LogP contribution in [0.4, 0.5) is 0 Å². The molecule has 0 bridgehead atoms. The number of ether oxygens (including phenoxy) is 2. The van der Waals surface area contributed by atoms with E-state index in [1.807, 2.05) is 0 Å². The number of aliphatic hydroxyl groups excluding tert-OH is 4. The van der Waals surface area contributed by atoms with Gasteiger partial charge in [0.05, 0.1) is 12.7 Å². The van der Waals surface area contributed by atoms with E-state index in [1.54, 1.807) is 0 Å². The largest absolute Gasteiger partial charge is 0.394 e. The molecule has 0 aromatic carbocycles. The van der Waals surface area contributed by atoms with Gasteiger partial charge in [0.25, 0.3) is 0 Å². The lowest BCUT2D eigenvalue weighted by molar-refractivity contribution is -0.313. The van der Waals surface area contributed by atoms with Crippen LogP contribution in [-0.2, 0) is 9.47 Å². The van der Waals surface area contributed by atoms with Gasteiger partial charge in [0.2, 0.25) is 0 Å². The lowest BCUT2D eigenvalue weighted by atomic mass is 9.47. The topological polar surface area (TPSA) is 99.4 Å². The summed E-state index contributed by atoms with van der Waals surface area (Å²) in [5.74, 6) is 5.66. The maximum Gasteiger partial charge on any atom is 0.186 e. The number of hydrogen-bond acceptors (Lipinski definition) is 6. The molecule has 3 saturated carbocycles. The Labute approximate surface area is 249 Å². The molecule has 5 rings (SSSR count). The van der Waals surface area contributed by atoms with Gasteiger partial charge in [-0.1, -0.05) is 66.0 Å². The predicted octanol–water partition coefficient (Wildman–Crippen LogP) is 5.85. The van der Waals surface area contributed by atoms with Crippen molar-refractivity contribution in [3.05, 3.63) is 11.6 Å². The average Bonchev–Trinajstić information content (AvgIpc) is 3.30. The molecule has 0 unspecified atom stereocenters. The summed E-state index contributed by atoms with van der Waals surface area (Å²) in [6.45, 7) is 14.5. The summed E-state index contributed by atoms with van der Waals surface area (Å²) < 4.78 is 11.9. The first kappa shape index (κ1) is 31.9. The third-order valence-corrected chi connectivity index (χ3v) is 13.5. The van der Waals surface area contributed by atoms with E-state index in [-0.39, 0.29) is 11.5 Å². The zero-order valence-electron chi connectivity index (χ0n) is 26.7. The first-order chi connectivity index (χ1) is 19.4. The minimum atomic E-state index is -1.40. The highest BCUT2D eigenvalue weighted by Crippen LogP contribution is 2.67. The fraction of sp³-hybridized carbons (Fsp3) is 0.943. The zero-order valence-corrected chi connectivity index (χ0v) is 26.7. The number of aliphatic hydroxyl groups is 4. The molecule has 1 saturated heterocycles. The molecule has 4 fully saturated rings. The molecule has 0 aromatic rings. The first-order valence-electron chi connectivity index (χ1n) is 17.1. The Morgan fingerprint density at radius 1 is 0.951 bits per heavy atom. The van der Waals surface area contributed by atoms with Gasteiger partial charge in [-0.15, -0.1) is 0 Å². The number of fused-ring (bicyclic) bond motifs is 5. The maximum atomic E-state index is 10.5. The van der Waals surface area contributed by atoms with E-state index in [1.165, 1.54) is 56.9 Å². The van der Waals surface area contributed by atoms with Crippen molar-refractivity contribution in [1.82, 2.24) is 0 Å². The first-order valence-corrected chi connectivity index (χ1v) is 17.1. The van der Waals surface area contributed by atoms with E-state index >= 15 is 0 Å². The van der Waals surface area contributed by atoms with Crippen LogP contribution >= 0.6 is 0 Å². The Balaban J connectivity index is 1.24. The van der Waals surface area contributed by atoms with E-state index in [2.05, 4.69) is 47.6 Å². The SMILES string of the molecule is CC[C@H](CC[C@@H](C)[C@H]1CC[C@H]2[C@H]3CC=C4C[C@@H](O[C@@H]5O[C@H](CO)[C@@H](O)[C@H](O)[C@H]5O)CC[C@]4(C)[C@@H]3CC[C@]12C)C(C)C. The minimum Gasteiger partial charge on any atom is -0.394 e. The highest BCUT2D eigenvalue weighted by molar-refractivity contribution is 5.25. The average molecular weight is 577 g/mol. The van der Waals surface area contributed by atoms with Crippen molar-refractivity contribution >= 4 is 0 Å². The minimum absolute atomic E-state index is 0.101. The normalized spacial score (nSPS) is 47.7. The second-order valence-corrected chi connectivity index (χ2v) is 15.7. The van der Waals surface area contributed by atoms with Crippen LogP contribution in [0.1, 0.15) is 112 Å². The van der Waals surface area contributed by atoms with Crippen LogP contribution in [0.5, 0.6) is 0 Å². The van der Waals surface area contributed by atoms with Crippen LogP contribution in [0.3, 0.4) is 0 Å². The van der Waals surface area contributed by atoms with Crippen LogP contribution in [0, 0.1) is 52.3 Å². The van der Waals surface area contributed by atoms with E-state index in [9.17, 15) is 20.4 Å². The molecule has 1 heterocycles. The molecule has 4 N–H and O–H groups in total. The van der Waals surface area contributed by atoms with Gasteiger partial charge < -0.3 is 29.9 Å². The van der Waals surface area contributed by atoms with Gasteiger partial charge in [-0.3, -0.25) is 0 Å². The quantitative estimate of drug-likeness (QED) is 0.257. The molecule has 236 valence electrons. The van der Waals surface area contributed by atoms with Gasteiger partial charge >= 0.3 is 0 Å². The van der Waals surface area contributed by atoms with E-state index in [0.717, 1.165) is 60.7 Å². The Bertz CT molecular complexity index is 918. The van der Waals surface area contributed by atoms with Gasteiger partial charge in [0.15, 0.2) is 6.29 Å². The number of allylic oxidation sites excluding steroid dienone is 1. The van der Waals surface area contributed by atoms with E-state index in [0.29, 0.717) is 5.41 Å². The third kappa shape index (κ3) is 5.73. The molecule has 14 atom stereocenters. The molecule has 0 radical (unpaired) electrons. The summed E-state index contributed by atoms with van der Waals surface area (Å²) in [6.07, 6.45) is 9.92. The second kappa shape index (κ2) is 12.5. The maximum absolute atomic E-state index is 10.5. The number of rotatable bonds is 9. The van der Waals surface area contributed by atoms with Crippen LogP contribution in [0.25, 0.3) is 0 Å². The van der Waals surface area contributed by atoms with E-state index in [4.69, 9.17) is 9.47 Å². The lowest BCUT2D eigenvalue weighted by Gasteiger charge is -2.58. The summed E-state index contributed by atoms with van der Waals surface area (Å²) in [5.41, 5.74) is 2.19. The van der Waals surface area contributed by atoms with Crippen LogP contribution < -0.4 is 0 Å². The Hall–Kier alpha value is -0.500. The smallest absolute Gasteiger partial charge is 0.186 e. The van der Waals surface area contributed by atoms with Crippen molar-refractivity contribution in [2.45, 2.75) is 149 Å². The second-order valence-electron chi connectivity index (χ2n) is 15.7. The van der Waals surface area contributed by atoms with Crippen molar-refractivity contribution in [1.29, 1.82) is 0 Å². The monoisotopic (exact) mass is 576 g/mol.